The first kappa shape index (κ1) is 30.6. The molecule has 0 aliphatic rings. The number of hydroxylamine groups is 1. The van der Waals surface area contributed by atoms with E-state index in [1.165, 1.54) is 17.6 Å². The summed E-state index contributed by atoms with van der Waals surface area (Å²) < 4.78 is 26.4. The molecule has 3 rings (SSSR count). The van der Waals surface area contributed by atoms with E-state index in [0.29, 0.717) is 22.4 Å². The number of nitrogens with one attached hydrogen (secondary N) is 4. The summed E-state index contributed by atoms with van der Waals surface area (Å²) in [6.45, 7) is -0.0908. The van der Waals surface area contributed by atoms with E-state index in [9.17, 15) is 23.2 Å². The van der Waals surface area contributed by atoms with Crippen molar-refractivity contribution in [2.45, 2.75) is 20.0 Å². The Morgan fingerprint density at radius 2 is 1.46 bits per heavy atom. The first-order chi connectivity index (χ1) is 18.3. The van der Waals surface area contributed by atoms with Crippen molar-refractivity contribution in [2.75, 3.05) is 18.4 Å². The van der Waals surface area contributed by atoms with Gasteiger partial charge in [-0.05, 0) is 66.2 Å². The molecule has 204 valence electrons. The Labute approximate surface area is 224 Å². The van der Waals surface area contributed by atoms with Gasteiger partial charge in [0.1, 0.15) is 17.7 Å². The Bertz CT molecular complexity index is 1330. The number of benzene rings is 3. The van der Waals surface area contributed by atoms with Crippen LogP contribution < -0.4 is 27.2 Å². The Balaban J connectivity index is 0.00000533. The van der Waals surface area contributed by atoms with Gasteiger partial charge in [-0.25, -0.2) is 14.3 Å². The van der Waals surface area contributed by atoms with Crippen LogP contribution in [0.3, 0.4) is 0 Å². The number of carbonyl (C=O) groups is 3. The fourth-order valence-electron chi connectivity index (χ4n) is 3.28. The van der Waals surface area contributed by atoms with Crippen molar-refractivity contribution in [1.29, 1.82) is 0 Å². The van der Waals surface area contributed by atoms with Crippen LogP contribution in [0.2, 0.25) is 0 Å². The number of halogens is 2. The van der Waals surface area contributed by atoms with Crippen LogP contribution in [0.4, 0.5) is 14.5 Å². The maximum Gasteiger partial charge on any atom is 0.267 e. The molecule has 3 aromatic rings. The van der Waals surface area contributed by atoms with E-state index < -0.39 is 29.5 Å². The Morgan fingerprint density at radius 1 is 0.897 bits per heavy atom. The second-order valence-corrected chi connectivity index (χ2v) is 8.07. The fraction of sp³-hybridized carbons (Fsp3) is 0.179. The number of nitrogens with two attached hydrogens (primary N) is 1. The molecule has 0 fully saturated rings. The van der Waals surface area contributed by atoms with Crippen molar-refractivity contribution < 1.29 is 28.4 Å². The van der Waals surface area contributed by atoms with Crippen LogP contribution in [0.25, 0.3) is 0 Å². The molecule has 3 amide bonds. The van der Waals surface area contributed by atoms with Crippen molar-refractivity contribution in [2.24, 2.45) is 5.73 Å². The summed E-state index contributed by atoms with van der Waals surface area (Å²) in [7, 11) is 0. The molecule has 0 saturated heterocycles. The average molecular weight is 538 g/mol. The topological polar surface area (TPSA) is 146 Å². The standard InChI is InChI=1S/C27H25F2N5O4.CH4/c28-21-11-19(12-22(29)13-21)15-31-16-25(35)32-23-9-5-18(6-10-23)2-1-17-3-7-20(8-4-17)26(36)33-24(14-30)27(37)34-38;/h3-13,24,31,38H,14-16,30H2,(H,32,35)(H,33,36)(H,34,37);1H4/t24-;/m0./s1. The van der Waals surface area contributed by atoms with Crippen LogP contribution in [-0.2, 0) is 16.1 Å². The SMILES string of the molecule is C.NC[C@H](NC(=O)c1ccc(C#Cc2ccc(NC(=O)CNCc3cc(F)cc(F)c3)cc2)cc1)C(=O)NO. The number of amides is 3. The molecule has 0 bridgehead atoms. The Hall–Kier alpha value is -4.63. The van der Waals surface area contributed by atoms with Crippen molar-refractivity contribution in [3.63, 3.8) is 0 Å². The van der Waals surface area contributed by atoms with Crippen LogP contribution in [0, 0.1) is 23.5 Å². The summed E-state index contributed by atoms with van der Waals surface area (Å²) in [5.41, 5.74) is 9.45. The maximum atomic E-state index is 13.2. The lowest BCUT2D eigenvalue weighted by atomic mass is 10.1. The molecule has 7 N–H and O–H groups in total. The third-order valence-corrected chi connectivity index (χ3v) is 5.17. The van der Waals surface area contributed by atoms with E-state index in [-0.39, 0.29) is 38.5 Å². The minimum absolute atomic E-state index is 0. The zero-order chi connectivity index (χ0) is 27.5. The summed E-state index contributed by atoms with van der Waals surface area (Å²) in [6, 6.07) is 15.3. The lowest BCUT2D eigenvalue weighted by molar-refractivity contribution is -0.130. The number of rotatable bonds is 9. The van der Waals surface area contributed by atoms with Crippen LogP contribution in [0.15, 0.2) is 66.7 Å². The number of anilines is 1. The minimum atomic E-state index is -1.07. The van der Waals surface area contributed by atoms with Crippen LogP contribution in [0.5, 0.6) is 0 Å². The number of hydrogen-bond donors (Lipinski definition) is 6. The monoisotopic (exact) mass is 537 g/mol. The predicted octanol–water partition coefficient (Wildman–Crippen LogP) is 2.29. The molecule has 11 heteroatoms. The van der Waals surface area contributed by atoms with E-state index in [1.807, 2.05) is 0 Å². The number of carbonyl (C=O) groups excluding carboxylic acids is 3. The van der Waals surface area contributed by atoms with Gasteiger partial charge in [0.2, 0.25) is 5.91 Å². The minimum Gasteiger partial charge on any atom is -0.339 e. The Kier molecular flexibility index (Phi) is 11.7. The highest BCUT2D eigenvalue weighted by atomic mass is 19.1. The van der Waals surface area contributed by atoms with Crippen molar-refractivity contribution in [1.82, 2.24) is 16.1 Å². The fourth-order valence-corrected chi connectivity index (χ4v) is 3.28. The average Bonchev–Trinajstić information content (AvgIpc) is 2.90. The highest BCUT2D eigenvalue weighted by Crippen LogP contribution is 2.10. The maximum absolute atomic E-state index is 13.2. The summed E-state index contributed by atoms with van der Waals surface area (Å²) in [6.07, 6.45) is 0. The van der Waals surface area contributed by atoms with Gasteiger partial charge in [0.15, 0.2) is 0 Å². The van der Waals surface area contributed by atoms with Crippen molar-refractivity contribution >= 4 is 23.4 Å². The first-order valence-electron chi connectivity index (χ1n) is 11.4. The zero-order valence-electron chi connectivity index (χ0n) is 20.1. The van der Waals surface area contributed by atoms with Gasteiger partial charge in [-0.1, -0.05) is 19.3 Å². The van der Waals surface area contributed by atoms with Gasteiger partial charge in [-0.3, -0.25) is 19.6 Å². The van der Waals surface area contributed by atoms with Gasteiger partial charge < -0.3 is 21.7 Å². The van der Waals surface area contributed by atoms with Gasteiger partial charge in [-0.2, -0.15) is 0 Å². The molecule has 39 heavy (non-hydrogen) atoms. The summed E-state index contributed by atoms with van der Waals surface area (Å²) in [4.78, 5) is 35.8. The van der Waals surface area contributed by atoms with E-state index in [1.54, 1.807) is 48.5 Å². The van der Waals surface area contributed by atoms with Crippen molar-refractivity contribution in [3.8, 4) is 11.8 Å². The summed E-state index contributed by atoms with van der Waals surface area (Å²) >= 11 is 0. The molecule has 0 saturated carbocycles. The van der Waals surface area contributed by atoms with Crippen LogP contribution in [-0.4, -0.2) is 42.1 Å². The van der Waals surface area contributed by atoms with E-state index in [0.717, 1.165) is 6.07 Å². The lowest BCUT2D eigenvalue weighted by Gasteiger charge is -2.14. The second-order valence-electron chi connectivity index (χ2n) is 8.07. The summed E-state index contributed by atoms with van der Waals surface area (Å²) in [5.74, 6) is 2.93. The third-order valence-electron chi connectivity index (χ3n) is 5.17. The van der Waals surface area contributed by atoms with Gasteiger partial charge in [0, 0.05) is 41.5 Å². The number of hydrogen-bond acceptors (Lipinski definition) is 6. The van der Waals surface area contributed by atoms with Crippen LogP contribution >= 0.6 is 0 Å². The van der Waals surface area contributed by atoms with Crippen molar-refractivity contribution in [3.05, 3.63) is 101 Å². The molecule has 1 atom stereocenters. The summed E-state index contributed by atoms with van der Waals surface area (Å²) in [5, 5.41) is 16.6. The van der Waals surface area contributed by atoms with Crippen LogP contribution in [0.1, 0.15) is 34.5 Å². The lowest BCUT2D eigenvalue weighted by Crippen LogP contribution is -2.50. The zero-order valence-corrected chi connectivity index (χ0v) is 20.1. The largest absolute Gasteiger partial charge is 0.339 e. The first-order valence-corrected chi connectivity index (χ1v) is 11.4. The highest BCUT2D eigenvalue weighted by Gasteiger charge is 2.19. The van der Waals surface area contributed by atoms with E-state index >= 15 is 0 Å². The molecule has 3 aromatic carbocycles. The second kappa shape index (κ2) is 14.9. The highest BCUT2D eigenvalue weighted by molar-refractivity contribution is 5.97. The molecule has 0 spiro atoms. The molecular formula is C28H29F2N5O4. The van der Waals surface area contributed by atoms with E-state index in [4.69, 9.17) is 10.9 Å². The van der Waals surface area contributed by atoms with Gasteiger partial charge >= 0.3 is 0 Å². The smallest absolute Gasteiger partial charge is 0.267 e. The normalized spacial score (nSPS) is 10.8. The molecule has 0 aliphatic heterocycles. The van der Waals surface area contributed by atoms with Gasteiger partial charge in [-0.15, -0.1) is 0 Å². The van der Waals surface area contributed by atoms with Gasteiger partial charge in [0.05, 0.1) is 6.54 Å². The molecule has 0 radical (unpaired) electrons. The molecule has 0 heterocycles. The Morgan fingerprint density at radius 3 is 2.00 bits per heavy atom. The van der Waals surface area contributed by atoms with Gasteiger partial charge in [0.25, 0.3) is 11.8 Å². The molecular weight excluding hydrogens is 508 g/mol. The third kappa shape index (κ3) is 9.64. The molecule has 9 nitrogen and oxygen atoms in total. The molecule has 0 aromatic heterocycles. The van der Waals surface area contributed by atoms with E-state index in [2.05, 4.69) is 27.8 Å². The molecule has 0 unspecified atom stereocenters. The molecule has 0 aliphatic carbocycles. The quantitative estimate of drug-likeness (QED) is 0.140. The predicted molar refractivity (Wildman–Crippen MR) is 143 cm³/mol.